The molecule has 0 saturated carbocycles. The van der Waals surface area contributed by atoms with Crippen LogP contribution in [0.3, 0.4) is 0 Å². The van der Waals surface area contributed by atoms with Crippen LogP contribution in [0.2, 0.25) is 0 Å². The van der Waals surface area contributed by atoms with Crippen molar-refractivity contribution in [3.8, 4) is 5.75 Å². The van der Waals surface area contributed by atoms with Crippen LogP contribution >= 0.6 is 0 Å². The predicted octanol–water partition coefficient (Wildman–Crippen LogP) is 3.31. The molecule has 0 aliphatic carbocycles. The van der Waals surface area contributed by atoms with E-state index in [9.17, 15) is 13.6 Å². The van der Waals surface area contributed by atoms with E-state index in [1.165, 1.54) is 19.2 Å². The van der Waals surface area contributed by atoms with Gasteiger partial charge in [0, 0.05) is 31.4 Å². The number of aryl methyl sites for hydroxylation is 1. The minimum Gasteiger partial charge on any atom is -0.491 e. The van der Waals surface area contributed by atoms with Gasteiger partial charge in [0.25, 0.3) is 0 Å². The maximum Gasteiger partial charge on any atom is 0.246 e. The Morgan fingerprint density at radius 3 is 2.62 bits per heavy atom. The fraction of sp³-hybridized carbons (Fsp3) is 0.318. The van der Waals surface area contributed by atoms with Gasteiger partial charge in [-0.05, 0) is 31.5 Å². The fourth-order valence-electron chi connectivity index (χ4n) is 3.65. The summed E-state index contributed by atoms with van der Waals surface area (Å²) in [6.07, 6.45) is 3.48. The molecule has 168 valence electrons. The molecule has 0 radical (unpaired) electrons. The van der Waals surface area contributed by atoms with E-state index in [1.54, 1.807) is 17.1 Å². The van der Waals surface area contributed by atoms with Gasteiger partial charge in [0.2, 0.25) is 5.91 Å². The summed E-state index contributed by atoms with van der Waals surface area (Å²) in [4.78, 5) is 18.5. The van der Waals surface area contributed by atoms with Gasteiger partial charge in [-0.3, -0.25) is 9.48 Å². The number of fused-ring (bicyclic) bond motifs is 1. The van der Waals surface area contributed by atoms with Crippen LogP contribution in [0.4, 0.5) is 26.0 Å². The molecule has 0 saturated heterocycles. The monoisotopic (exact) mass is 442 g/mol. The number of halogens is 2. The average molecular weight is 442 g/mol. The first-order valence-electron chi connectivity index (χ1n) is 10.1. The lowest BCUT2D eigenvalue weighted by Crippen LogP contribution is -2.44. The third-order valence-electron chi connectivity index (χ3n) is 5.54. The molecule has 1 aliphatic heterocycles. The number of likely N-dealkylation sites (N-methyl/N-ethyl adjacent to an activating group) is 1. The SMILES string of the molecule is COc1c(F)cc(Cn2cc(CNc3cc4c(c(C)n3)NC(=O)[C@H](C)N4C)cn2)cc1F. The summed E-state index contributed by atoms with van der Waals surface area (Å²) in [6, 6.07) is 4.09. The zero-order chi connectivity index (χ0) is 23.0. The number of nitrogens with zero attached hydrogens (tertiary/aromatic N) is 4. The van der Waals surface area contributed by atoms with Gasteiger partial charge in [0.05, 0.1) is 36.9 Å². The van der Waals surface area contributed by atoms with Crippen LogP contribution < -0.4 is 20.3 Å². The number of rotatable bonds is 6. The summed E-state index contributed by atoms with van der Waals surface area (Å²) in [5, 5.41) is 10.4. The Kier molecular flexibility index (Phi) is 5.68. The molecular formula is C22H24F2N6O2. The first kappa shape index (κ1) is 21.5. The molecule has 2 N–H and O–H groups in total. The van der Waals surface area contributed by atoms with Crippen LogP contribution in [0.5, 0.6) is 5.75 Å². The summed E-state index contributed by atoms with van der Waals surface area (Å²) in [5.74, 6) is -1.29. The van der Waals surface area contributed by atoms with E-state index >= 15 is 0 Å². The van der Waals surface area contributed by atoms with Crippen LogP contribution in [0.1, 0.15) is 23.7 Å². The second-order valence-corrected chi connectivity index (χ2v) is 7.76. The van der Waals surface area contributed by atoms with Crippen molar-refractivity contribution in [1.82, 2.24) is 14.8 Å². The smallest absolute Gasteiger partial charge is 0.246 e. The van der Waals surface area contributed by atoms with Gasteiger partial charge >= 0.3 is 0 Å². The number of hydrogen-bond donors (Lipinski definition) is 2. The number of carbonyl (C=O) groups excluding carboxylic acids is 1. The minimum atomic E-state index is -0.749. The van der Waals surface area contributed by atoms with Crippen molar-refractivity contribution in [2.45, 2.75) is 33.0 Å². The topological polar surface area (TPSA) is 84.3 Å². The summed E-state index contributed by atoms with van der Waals surface area (Å²) < 4.78 is 34.1. The van der Waals surface area contributed by atoms with Gasteiger partial charge in [0.15, 0.2) is 17.4 Å². The van der Waals surface area contributed by atoms with E-state index < -0.39 is 17.4 Å². The van der Waals surface area contributed by atoms with E-state index in [-0.39, 0.29) is 18.5 Å². The van der Waals surface area contributed by atoms with E-state index in [0.717, 1.165) is 16.9 Å². The van der Waals surface area contributed by atoms with Crippen molar-refractivity contribution < 1.29 is 18.3 Å². The van der Waals surface area contributed by atoms with Crippen molar-refractivity contribution in [3.63, 3.8) is 0 Å². The zero-order valence-electron chi connectivity index (χ0n) is 18.2. The molecule has 32 heavy (non-hydrogen) atoms. The van der Waals surface area contributed by atoms with Gasteiger partial charge in [-0.2, -0.15) is 5.10 Å². The molecule has 3 aromatic rings. The quantitative estimate of drug-likeness (QED) is 0.610. The van der Waals surface area contributed by atoms with Gasteiger partial charge in [0.1, 0.15) is 11.9 Å². The molecule has 1 aliphatic rings. The molecule has 0 bridgehead atoms. The van der Waals surface area contributed by atoms with Crippen molar-refractivity contribution in [1.29, 1.82) is 0 Å². The predicted molar refractivity (Wildman–Crippen MR) is 117 cm³/mol. The summed E-state index contributed by atoms with van der Waals surface area (Å²) in [6.45, 7) is 4.37. The number of anilines is 3. The first-order valence-corrected chi connectivity index (χ1v) is 10.1. The maximum absolute atomic E-state index is 13.9. The number of hydrogen-bond acceptors (Lipinski definition) is 6. The Morgan fingerprint density at radius 2 is 1.94 bits per heavy atom. The Balaban J connectivity index is 1.45. The highest BCUT2D eigenvalue weighted by Gasteiger charge is 2.28. The highest BCUT2D eigenvalue weighted by atomic mass is 19.1. The van der Waals surface area contributed by atoms with E-state index in [4.69, 9.17) is 4.74 Å². The van der Waals surface area contributed by atoms with E-state index in [2.05, 4.69) is 20.7 Å². The number of aromatic nitrogens is 3. The van der Waals surface area contributed by atoms with E-state index in [1.807, 2.05) is 31.9 Å². The maximum atomic E-state index is 13.9. The molecule has 0 fully saturated rings. The van der Waals surface area contributed by atoms with Gasteiger partial charge in [-0.15, -0.1) is 0 Å². The van der Waals surface area contributed by atoms with Crippen molar-refractivity contribution in [2.24, 2.45) is 0 Å². The third-order valence-corrected chi connectivity index (χ3v) is 5.54. The Bertz CT molecular complexity index is 1160. The van der Waals surface area contributed by atoms with Crippen LogP contribution in [0.15, 0.2) is 30.6 Å². The molecule has 10 heteroatoms. The first-order chi connectivity index (χ1) is 15.3. The number of amides is 1. The van der Waals surface area contributed by atoms with Crippen LogP contribution in [0, 0.1) is 18.6 Å². The van der Waals surface area contributed by atoms with Crippen molar-refractivity contribution in [3.05, 3.63) is 59.0 Å². The number of carbonyl (C=O) groups is 1. The molecule has 3 heterocycles. The van der Waals surface area contributed by atoms with E-state index in [0.29, 0.717) is 23.6 Å². The van der Waals surface area contributed by atoms with Crippen molar-refractivity contribution >= 4 is 23.1 Å². The highest BCUT2D eigenvalue weighted by Crippen LogP contribution is 2.35. The number of nitrogens with one attached hydrogen (secondary N) is 2. The number of benzene rings is 1. The molecule has 1 aromatic carbocycles. The second-order valence-electron chi connectivity index (χ2n) is 7.76. The molecule has 2 aromatic heterocycles. The molecule has 1 atom stereocenters. The van der Waals surface area contributed by atoms with Crippen LogP contribution in [-0.4, -0.2) is 40.9 Å². The fourth-order valence-corrected chi connectivity index (χ4v) is 3.65. The summed E-state index contributed by atoms with van der Waals surface area (Å²) >= 11 is 0. The lowest BCUT2D eigenvalue weighted by molar-refractivity contribution is -0.117. The second kappa shape index (κ2) is 8.45. The normalized spacial score (nSPS) is 15.4. The van der Waals surface area contributed by atoms with Gasteiger partial charge < -0.3 is 20.3 Å². The molecular weight excluding hydrogens is 418 g/mol. The van der Waals surface area contributed by atoms with Crippen molar-refractivity contribution in [2.75, 3.05) is 29.7 Å². The Labute approximate surface area is 184 Å². The molecule has 0 unspecified atom stereocenters. The lowest BCUT2D eigenvalue weighted by Gasteiger charge is -2.34. The number of methoxy groups -OCH3 is 1. The standard InChI is InChI=1S/C22H24F2N6O2/c1-12-20-18(29(3)13(2)22(31)28-20)7-19(27-12)25-8-15-9-26-30(11-15)10-14-5-16(23)21(32-4)17(24)6-14/h5-7,9,11,13H,8,10H2,1-4H3,(H,25,27)(H,28,31)/t13-/m0/s1. The average Bonchev–Trinajstić information content (AvgIpc) is 3.18. The molecule has 1 amide bonds. The molecule has 0 spiro atoms. The van der Waals surface area contributed by atoms with Crippen LogP contribution in [0.25, 0.3) is 0 Å². The third kappa shape index (κ3) is 4.08. The van der Waals surface area contributed by atoms with Gasteiger partial charge in [-0.1, -0.05) is 0 Å². The Hall–Kier alpha value is -3.69. The largest absolute Gasteiger partial charge is 0.491 e. The number of ether oxygens (including phenoxy) is 1. The highest BCUT2D eigenvalue weighted by molar-refractivity contribution is 6.04. The summed E-state index contributed by atoms with van der Waals surface area (Å²) in [7, 11) is 3.10. The van der Waals surface area contributed by atoms with Gasteiger partial charge in [-0.25, -0.2) is 13.8 Å². The molecule has 4 rings (SSSR count). The Morgan fingerprint density at radius 1 is 1.22 bits per heavy atom. The zero-order valence-corrected chi connectivity index (χ0v) is 18.2. The van der Waals surface area contributed by atoms with Crippen LogP contribution in [-0.2, 0) is 17.9 Å². The lowest BCUT2D eigenvalue weighted by atomic mass is 10.1. The minimum absolute atomic E-state index is 0.0605. The molecule has 8 nitrogen and oxygen atoms in total. The summed E-state index contributed by atoms with van der Waals surface area (Å²) in [5.41, 5.74) is 3.65. The number of pyridine rings is 1.